The topological polar surface area (TPSA) is 152 Å². The quantitative estimate of drug-likeness (QED) is 0.136. The van der Waals surface area contributed by atoms with Gasteiger partial charge in [-0.2, -0.15) is 0 Å². The summed E-state index contributed by atoms with van der Waals surface area (Å²) in [4.78, 5) is 25.3. The van der Waals surface area contributed by atoms with Gasteiger partial charge in [0.05, 0.1) is 23.3 Å². The maximum atomic E-state index is 10.9. The highest BCUT2D eigenvalue weighted by atomic mass is 16.6. The van der Waals surface area contributed by atoms with Gasteiger partial charge in [-0.05, 0) is 66.9 Å². The van der Waals surface area contributed by atoms with Gasteiger partial charge in [0.25, 0.3) is 0 Å². The number of oxime groups is 1. The van der Waals surface area contributed by atoms with E-state index in [1.54, 1.807) is 6.20 Å². The molecule has 2 aromatic carbocycles. The number of aryl methyl sites for hydroxylation is 1. The first-order valence-corrected chi connectivity index (χ1v) is 12.3. The van der Waals surface area contributed by atoms with Crippen LogP contribution in [0.1, 0.15) is 41.9 Å². The maximum absolute atomic E-state index is 10.9. The number of hydrogen-bond donors (Lipinski definition) is 4. The van der Waals surface area contributed by atoms with Crippen LogP contribution in [-0.4, -0.2) is 43.8 Å². The van der Waals surface area contributed by atoms with Crippen LogP contribution in [0.4, 0.5) is 5.69 Å². The number of nitrogens with two attached hydrogens (primary N) is 1. The van der Waals surface area contributed by atoms with Crippen LogP contribution in [0.25, 0.3) is 11.0 Å². The highest BCUT2D eigenvalue weighted by Crippen LogP contribution is 2.52. The first kappa shape index (κ1) is 24.9. The van der Waals surface area contributed by atoms with Crippen molar-refractivity contribution in [2.75, 3.05) is 11.9 Å². The van der Waals surface area contributed by atoms with Gasteiger partial charge in [-0.15, -0.1) is 0 Å². The van der Waals surface area contributed by atoms with Gasteiger partial charge < -0.3 is 25.6 Å². The Morgan fingerprint density at radius 1 is 1.21 bits per heavy atom. The molecule has 194 valence electrons. The van der Waals surface area contributed by atoms with Gasteiger partial charge in [-0.3, -0.25) is 10.4 Å². The number of nitrogen functional groups attached to an aromatic ring is 1. The predicted octanol–water partition coefficient (Wildman–Crippen LogP) is 3.79. The van der Waals surface area contributed by atoms with Gasteiger partial charge in [-0.1, -0.05) is 17.3 Å². The van der Waals surface area contributed by atoms with Crippen LogP contribution in [0.5, 0.6) is 0 Å². The van der Waals surface area contributed by atoms with Gasteiger partial charge in [0, 0.05) is 36.3 Å². The fourth-order valence-corrected chi connectivity index (χ4v) is 4.59. The number of hydrogen-bond acceptors (Lipinski definition) is 7. The van der Waals surface area contributed by atoms with E-state index in [0.29, 0.717) is 29.9 Å². The van der Waals surface area contributed by atoms with Crippen LogP contribution >= 0.6 is 0 Å². The largest absolute Gasteiger partial charge is 0.479 e. The van der Waals surface area contributed by atoms with Crippen molar-refractivity contribution in [2.45, 2.75) is 31.2 Å². The van der Waals surface area contributed by atoms with E-state index in [4.69, 9.17) is 26.1 Å². The van der Waals surface area contributed by atoms with Crippen LogP contribution in [0.3, 0.4) is 0 Å². The summed E-state index contributed by atoms with van der Waals surface area (Å²) < 4.78 is 2.08. The normalized spacial score (nSPS) is 14.3. The van der Waals surface area contributed by atoms with E-state index in [9.17, 15) is 4.79 Å². The number of rotatable bonds is 11. The standard InChI is InChI=1S/C28H29N7O3/c1-35-24-10-7-19(14-22(24)33-25(35)16-32-20-8-5-18(6-9-20)27(29)30)28(11-12-28)15-23(34-38-17-26(36)37)21-4-2-3-13-31-21/h2-10,13-14,32H,11-12,15-17H2,1H3,(H3,29,30)(H,36,37)/b34-23-. The number of imidazole rings is 1. The maximum Gasteiger partial charge on any atom is 0.344 e. The summed E-state index contributed by atoms with van der Waals surface area (Å²) in [6.07, 6.45) is 4.25. The molecule has 0 spiro atoms. The number of nitrogens with one attached hydrogen (secondary N) is 2. The van der Waals surface area contributed by atoms with Crippen LogP contribution in [0.2, 0.25) is 0 Å². The highest BCUT2D eigenvalue weighted by Gasteiger charge is 2.45. The number of anilines is 1. The zero-order valence-electron chi connectivity index (χ0n) is 21.0. The van der Waals surface area contributed by atoms with Crippen molar-refractivity contribution in [3.63, 3.8) is 0 Å². The molecule has 1 aliphatic rings. The lowest BCUT2D eigenvalue weighted by molar-refractivity contribution is -0.142. The monoisotopic (exact) mass is 511 g/mol. The Labute approximate surface area is 219 Å². The number of nitrogens with zero attached hydrogens (tertiary/aromatic N) is 4. The lowest BCUT2D eigenvalue weighted by atomic mass is 9.89. The first-order chi connectivity index (χ1) is 18.3. The average molecular weight is 512 g/mol. The lowest BCUT2D eigenvalue weighted by Gasteiger charge is -2.17. The third kappa shape index (κ3) is 5.34. The molecule has 0 saturated heterocycles. The van der Waals surface area contributed by atoms with E-state index in [-0.39, 0.29) is 11.3 Å². The van der Waals surface area contributed by atoms with Crippen LogP contribution in [0, 0.1) is 5.41 Å². The molecule has 2 aromatic heterocycles. The molecule has 5 rings (SSSR count). The molecule has 5 N–H and O–H groups in total. The summed E-state index contributed by atoms with van der Waals surface area (Å²) in [5.41, 5.74) is 11.5. The number of aromatic nitrogens is 3. The number of aliphatic carboxylic acids is 1. The molecule has 1 fully saturated rings. The Morgan fingerprint density at radius 2 is 2.00 bits per heavy atom. The van der Waals surface area contributed by atoms with E-state index in [0.717, 1.165) is 35.4 Å². The summed E-state index contributed by atoms with van der Waals surface area (Å²) in [7, 11) is 2.00. The third-order valence-corrected chi connectivity index (χ3v) is 6.92. The summed E-state index contributed by atoms with van der Waals surface area (Å²) >= 11 is 0. The summed E-state index contributed by atoms with van der Waals surface area (Å²) in [5, 5.41) is 24.0. The molecule has 0 bridgehead atoms. The van der Waals surface area contributed by atoms with Crippen molar-refractivity contribution < 1.29 is 14.7 Å². The number of carboxylic acids is 1. The zero-order valence-corrected chi connectivity index (χ0v) is 21.0. The average Bonchev–Trinajstić information content (AvgIpc) is 3.64. The van der Waals surface area contributed by atoms with Crippen molar-refractivity contribution in [2.24, 2.45) is 17.9 Å². The Kier molecular flexibility index (Phi) is 6.78. The summed E-state index contributed by atoms with van der Waals surface area (Å²) in [6.45, 7) is 0.0450. The van der Waals surface area contributed by atoms with E-state index >= 15 is 0 Å². The van der Waals surface area contributed by atoms with E-state index in [1.165, 1.54) is 5.56 Å². The number of pyridine rings is 1. The van der Waals surface area contributed by atoms with E-state index in [2.05, 4.69) is 38.2 Å². The Hall–Kier alpha value is -4.73. The minimum absolute atomic E-state index is 0.0438. The zero-order chi connectivity index (χ0) is 26.7. The first-order valence-electron chi connectivity index (χ1n) is 12.3. The van der Waals surface area contributed by atoms with Crippen molar-refractivity contribution in [3.05, 3.63) is 89.5 Å². The predicted molar refractivity (Wildman–Crippen MR) is 145 cm³/mol. The van der Waals surface area contributed by atoms with Gasteiger partial charge >= 0.3 is 5.97 Å². The lowest BCUT2D eigenvalue weighted by Crippen LogP contribution is -2.17. The summed E-state index contributed by atoms with van der Waals surface area (Å²) in [5.74, 6) is -0.132. The van der Waals surface area contributed by atoms with Gasteiger partial charge in [0.1, 0.15) is 17.4 Å². The smallest absolute Gasteiger partial charge is 0.344 e. The molecule has 1 saturated carbocycles. The van der Waals surface area contributed by atoms with Crippen LogP contribution in [0.15, 0.2) is 72.0 Å². The third-order valence-electron chi connectivity index (χ3n) is 6.92. The van der Waals surface area contributed by atoms with Crippen LogP contribution < -0.4 is 11.1 Å². The number of fused-ring (bicyclic) bond motifs is 1. The molecule has 0 atom stereocenters. The molecule has 0 radical (unpaired) electrons. The van der Waals surface area contributed by atoms with Crippen molar-refractivity contribution in [1.29, 1.82) is 5.41 Å². The molecule has 0 aliphatic heterocycles. The molecule has 10 nitrogen and oxygen atoms in total. The number of benzene rings is 2. The van der Waals surface area contributed by atoms with Gasteiger partial charge in [0.15, 0.2) is 0 Å². The number of amidine groups is 1. The summed E-state index contributed by atoms with van der Waals surface area (Å²) in [6, 6.07) is 19.4. The SMILES string of the molecule is Cn1c(CNc2ccc(C(=N)N)cc2)nc2cc(C3(C/C(=N/OCC(=O)O)c4ccccn4)CC3)ccc21. The van der Waals surface area contributed by atoms with Crippen molar-refractivity contribution in [1.82, 2.24) is 14.5 Å². The molecule has 10 heteroatoms. The highest BCUT2D eigenvalue weighted by molar-refractivity contribution is 6.00. The molecule has 0 unspecified atom stereocenters. The van der Waals surface area contributed by atoms with Gasteiger partial charge in [-0.25, -0.2) is 9.78 Å². The Balaban J connectivity index is 1.35. The van der Waals surface area contributed by atoms with E-state index < -0.39 is 12.6 Å². The molecule has 1 aliphatic carbocycles. The molecular formula is C28H29N7O3. The molecule has 4 aromatic rings. The van der Waals surface area contributed by atoms with Gasteiger partial charge in [0.2, 0.25) is 6.61 Å². The number of carbonyl (C=O) groups is 1. The number of carboxylic acid groups (broad SMARTS) is 1. The fourth-order valence-electron chi connectivity index (χ4n) is 4.59. The fraction of sp³-hybridized carbons (Fsp3) is 0.250. The Morgan fingerprint density at radius 3 is 2.66 bits per heavy atom. The molecule has 0 amide bonds. The second-order valence-electron chi connectivity index (χ2n) is 9.51. The molecule has 38 heavy (non-hydrogen) atoms. The second-order valence-corrected chi connectivity index (χ2v) is 9.51. The minimum Gasteiger partial charge on any atom is -0.479 e. The van der Waals surface area contributed by atoms with Crippen LogP contribution in [-0.2, 0) is 28.6 Å². The minimum atomic E-state index is -1.07. The Bertz CT molecular complexity index is 1510. The van der Waals surface area contributed by atoms with Crippen molar-refractivity contribution in [3.8, 4) is 0 Å². The molecular weight excluding hydrogens is 482 g/mol. The van der Waals surface area contributed by atoms with E-state index in [1.807, 2.05) is 49.5 Å². The van der Waals surface area contributed by atoms with Crippen molar-refractivity contribution >= 4 is 34.2 Å². The second kappa shape index (κ2) is 10.3. The molecule has 2 heterocycles.